The quantitative estimate of drug-likeness (QED) is 0.275. The first-order valence-electron chi connectivity index (χ1n) is 8.98. The number of nitrogens with zero attached hydrogens (tertiary/aromatic N) is 4. The van der Waals surface area contributed by atoms with Gasteiger partial charge in [-0.2, -0.15) is 0 Å². The van der Waals surface area contributed by atoms with Gasteiger partial charge in [-0.3, -0.25) is 0 Å². The molecule has 0 aliphatic rings. The van der Waals surface area contributed by atoms with E-state index in [9.17, 15) is 0 Å². The summed E-state index contributed by atoms with van der Waals surface area (Å²) in [4.78, 5) is 8.74. The Morgan fingerprint density at radius 2 is 2.04 bits per heavy atom. The van der Waals surface area contributed by atoms with Crippen LogP contribution in [0.4, 0.5) is 0 Å². The van der Waals surface area contributed by atoms with Crippen LogP contribution in [0, 0.1) is 13.8 Å². The second kappa shape index (κ2) is 10.9. The van der Waals surface area contributed by atoms with Crippen molar-refractivity contribution >= 4 is 52.6 Å². The fraction of sp³-hybridized carbons (Fsp3) is 0.421. The Morgan fingerprint density at radius 3 is 2.64 bits per heavy atom. The van der Waals surface area contributed by atoms with E-state index in [1.54, 1.807) is 11.3 Å². The molecule has 152 valence electrons. The molecule has 3 aromatic rings. The number of nitrogens with one attached hydrogen (secondary N) is 2. The van der Waals surface area contributed by atoms with E-state index in [0.717, 1.165) is 30.6 Å². The maximum Gasteiger partial charge on any atom is 0.192 e. The second-order valence-electron chi connectivity index (χ2n) is 6.58. The average molecular weight is 531 g/mol. The Hall–Kier alpha value is -1.46. The van der Waals surface area contributed by atoms with Crippen LogP contribution in [-0.4, -0.2) is 26.8 Å². The summed E-state index contributed by atoms with van der Waals surface area (Å²) in [6.45, 7) is 7.52. The van der Waals surface area contributed by atoms with Gasteiger partial charge >= 0.3 is 0 Å². The molecule has 0 bridgehead atoms. The number of rotatable bonds is 7. The minimum Gasteiger partial charge on any atom is -0.354 e. The molecule has 1 unspecified atom stereocenters. The number of aliphatic imine (C=N–C) groups is 1. The number of hydrogen-bond acceptors (Lipinski definition) is 5. The predicted molar refractivity (Wildman–Crippen MR) is 129 cm³/mol. The van der Waals surface area contributed by atoms with Crippen molar-refractivity contribution in [2.24, 2.45) is 12.0 Å². The molecule has 3 aromatic heterocycles. The molecule has 28 heavy (non-hydrogen) atoms. The maximum atomic E-state index is 4.73. The molecule has 6 nitrogen and oxygen atoms in total. The number of thiophene rings is 2. The first kappa shape index (κ1) is 22.8. The summed E-state index contributed by atoms with van der Waals surface area (Å²) in [5.74, 6) is 2.54. The van der Waals surface area contributed by atoms with Crippen LogP contribution in [0.15, 0.2) is 34.6 Å². The van der Waals surface area contributed by atoms with Gasteiger partial charge in [-0.25, -0.2) is 4.99 Å². The normalized spacial score (nSPS) is 12.5. The molecule has 0 amide bonds. The summed E-state index contributed by atoms with van der Waals surface area (Å²) in [7, 11) is 1.97. The lowest BCUT2D eigenvalue weighted by atomic mass is 10.2. The fourth-order valence-electron chi connectivity index (χ4n) is 2.66. The number of aryl methyl sites for hydroxylation is 2. The van der Waals surface area contributed by atoms with E-state index < -0.39 is 0 Å². The first-order valence-corrected chi connectivity index (χ1v) is 10.7. The van der Waals surface area contributed by atoms with Crippen molar-refractivity contribution in [1.29, 1.82) is 0 Å². The molecular formula is C19H27IN6S2. The predicted octanol–water partition coefficient (Wildman–Crippen LogP) is 4.04. The monoisotopic (exact) mass is 530 g/mol. The minimum atomic E-state index is 0. The van der Waals surface area contributed by atoms with Crippen LogP contribution in [0.1, 0.15) is 33.2 Å². The number of hydrogen-bond donors (Lipinski definition) is 2. The van der Waals surface area contributed by atoms with E-state index >= 15 is 0 Å². The Morgan fingerprint density at radius 1 is 1.21 bits per heavy atom. The second-order valence-corrected chi connectivity index (χ2v) is 8.99. The van der Waals surface area contributed by atoms with Crippen molar-refractivity contribution in [1.82, 2.24) is 25.4 Å². The maximum absolute atomic E-state index is 4.73. The van der Waals surface area contributed by atoms with Gasteiger partial charge in [0.2, 0.25) is 0 Å². The van der Waals surface area contributed by atoms with Crippen molar-refractivity contribution in [3.63, 3.8) is 0 Å². The molecular weight excluding hydrogens is 503 g/mol. The van der Waals surface area contributed by atoms with Crippen molar-refractivity contribution in [3.8, 4) is 0 Å². The van der Waals surface area contributed by atoms with Crippen molar-refractivity contribution in [3.05, 3.63) is 55.9 Å². The summed E-state index contributed by atoms with van der Waals surface area (Å²) in [5, 5.41) is 17.4. The molecule has 1 atom stereocenters. The lowest BCUT2D eigenvalue weighted by Crippen LogP contribution is -2.42. The fourth-order valence-corrected chi connectivity index (χ4v) is 4.32. The van der Waals surface area contributed by atoms with Crippen LogP contribution < -0.4 is 10.6 Å². The molecule has 0 spiro atoms. The molecule has 3 rings (SSSR count). The van der Waals surface area contributed by atoms with Crippen LogP contribution in [0.3, 0.4) is 0 Å². The zero-order chi connectivity index (χ0) is 19.2. The van der Waals surface area contributed by atoms with E-state index in [1.807, 2.05) is 29.9 Å². The van der Waals surface area contributed by atoms with Gasteiger partial charge in [-0.05, 0) is 44.4 Å². The molecule has 0 fully saturated rings. The molecule has 0 aromatic carbocycles. The van der Waals surface area contributed by atoms with Crippen LogP contribution in [0.2, 0.25) is 0 Å². The largest absolute Gasteiger partial charge is 0.354 e. The van der Waals surface area contributed by atoms with Gasteiger partial charge in [0, 0.05) is 34.1 Å². The van der Waals surface area contributed by atoms with E-state index in [4.69, 9.17) is 4.99 Å². The minimum absolute atomic E-state index is 0. The van der Waals surface area contributed by atoms with Crippen LogP contribution in [0.25, 0.3) is 0 Å². The van der Waals surface area contributed by atoms with Gasteiger partial charge in [0.05, 0.1) is 6.54 Å². The van der Waals surface area contributed by atoms with Crippen molar-refractivity contribution in [2.75, 3.05) is 0 Å². The van der Waals surface area contributed by atoms with Crippen LogP contribution in [-0.2, 0) is 26.6 Å². The van der Waals surface area contributed by atoms with E-state index in [0.29, 0.717) is 6.54 Å². The zero-order valence-electron chi connectivity index (χ0n) is 16.6. The van der Waals surface area contributed by atoms with E-state index in [1.165, 1.54) is 14.6 Å². The average Bonchev–Trinajstić information content (AvgIpc) is 3.36. The SMILES string of the molecule is Cc1ccc(CC(C)NC(=NCc2nnc(C)n2C)NCc2cccs2)s1.I. The molecule has 2 N–H and O–H groups in total. The molecule has 0 aliphatic carbocycles. The van der Waals surface area contributed by atoms with Crippen molar-refractivity contribution in [2.45, 2.75) is 46.3 Å². The third-order valence-corrected chi connectivity index (χ3v) is 6.16. The standard InChI is InChI=1S/C19H26N6S2.HI/c1-13(10-16-8-7-14(2)27-16)22-19(20-11-17-6-5-9-26-17)21-12-18-24-23-15(3)25(18)4;/h5-9,13H,10-12H2,1-4H3,(H2,20,21,22);1H. The summed E-state index contributed by atoms with van der Waals surface area (Å²) in [6.07, 6.45) is 0.973. The van der Waals surface area contributed by atoms with Crippen LogP contribution >= 0.6 is 46.7 Å². The number of guanidine groups is 1. The lowest BCUT2D eigenvalue weighted by Gasteiger charge is -2.17. The Balaban J connectivity index is 0.00000280. The molecule has 0 saturated heterocycles. The zero-order valence-corrected chi connectivity index (χ0v) is 20.6. The van der Waals surface area contributed by atoms with Gasteiger partial charge in [0.25, 0.3) is 0 Å². The van der Waals surface area contributed by atoms with Gasteiger partial charge in [-0.1, -0.05) is 6.07 Å². The van der Waals surface area contributed by atoms with Crippen LogP contribution in [0.5, 0.6) is 0 Å². The molecule has 0 radical (unpaired) electrons. The Labute approximate surface area is 191 Å². The lowest BCUT2D eigenvalue weighted by molar-refractivity contribution is 0.640. The Kier molecular flexibility index (Phi) is 8.90. The van der Waals surface area contributed by atoms with E-state index in [-0.39, 0.29) is 30.0 Å². The topological polar surface area (TPSA) is 67.1 Å². The van der Waals surface area contributed by atoms with Gasteiger partial charge < -0.3 is 15.2 Å². The highest BCUT2D eigenvalue weighted by Crippen LogP contribution is 2.16. The van der Waals surface area contributed by atoms with Gasteiger partial charge in [0.15, 0.2) is 11.8 Å². The molecule has 0 saturated carbocycles. The first-order chi connectivity index (χ1) is 13.0. The molecule has 9 heteroatoms. The van der Waals surface area contributed by atoms with Gasteiger partial charge in [0.1, 0.15) is 12.4 Å². The molecule has 0 aliphatic heterocycles. The number of halogens is 1. The third-order valence-electron chi connectivity index (χ3n) is 4.26. The summed E-state index contributed by atoms with van der Waals surface area (Å²) in [5.41, 5.74) is 0. The smallest absolute Gasteiger partial charge is 0.192 e. The molecule has 3 heterocycles. The summed E-state index contributed by atoms with van der Waals surface area (Å²) >= 11 is 3.59. The van der Waals surface area contributed by atoms with Crippen molar-refractivity contribution < 1.29 is 0 Å². The summed E-state index contributed by atoms with van der Waals surface area (Å²) < 4.78 is 1.97. The third kappa shape index (κ3) is 6.56. The summed E-state index contributed by atoms with van der Waals surface area (Å²) in [6, 6.07) is 8.84. The highest BCUT2D eigenvalue weighted by molar-refractivity contribution is 14.0. The highest BCUT2D eigenvalue weighted by atomic mass is 127. The number of aromatic nitrogens is 3. The van der Waals surface area contributed by atoms with E-state index in [2.05, 4.69) is 64.3 Å². The Bertz CT molecular complexity index is 884. The van der Waals surface area contributed by atoms with Gasteiger partial charge in [-0.15, -0.1) is 56.8 Å². The highest BCUT2D eigenvalue weighted by Gasteiger charge is 2.10.